The van der Waals surface area contributed by atoms with Crippen LogP contribution in [0.5, 0.6) is 0 Å². The highest BCUT2D eigenvalue weighted by Gasteiger charge is 2.19. The van der Waals surface area contributed by atoms with E-state index in [4.69, 9.17) is 4.42 Å². The minimum atomic E-state index is -2.83. The Kier molecular flexibility index (Phi) is 5.01. The largest absolute Gasteiger partial charge is 0.463 e. The summed E-state index contributed by atoms with van der Waals surface area (Å²) in [7, 11) is -2.83. The molecule has 0 aliphatic carbocycles. The van der Waals surface area contributed by atoms with Crippen molar-refractivity contribution >= 4 is 9.84 Å². The third-order valence-electron chi connectivity index (χ3n) is 3.29. The second-order valence-electron chi connectivity index (χ2n) is 4.93. The van der Waals surface area contributed by atoms with Crippen molar-refractivity contribution in [1.29, 1.82) is 0 Å². The highest BCUT2D eigenvalue weighted by molar-refractivity contribution is 7.91. The van der Waals surface area contributed by atoms with Gasteiger partial charge < -0.3 is 9.73 Å². The van der Waals surface area contributed by atoms with Crippen LogP contribution in [0.15, 0.2) is 16.5 Å². The van der Waals surface area contributed by atoms with Gasteiger partial charge in [-0.1, -0.05) is 6.92 Å². The molecule has 1 aromatic rings. The van der Waals surface area contributed by atoms with Crippen molar-refractivity contribution in [3.8, 4) is 0 Å². The Bertz CT molecular complexity index is 496. The van der Waals surface area contributed by atoms with Crippen LogP contribution in [-0.4, -0.2) is 44.5 Å². The average Bonchev–Trinajstić information content (AvgIpc) is 2.73. The van der Waals surface area contributed by atoms with E-state index in [-0.39, 0.29) is 5.75 Å². The van der Waals surface area contributed by atoms with E-state index >= 15 is 0 Å². The minimum absolute atomic E-state index is 0.262. The van der Waals surface area contributed by atoms with E-state index in [1.807, 2.05) is 12.1 Å². The second kappa shape index (κ2) is 6.54. The number of furan rings is 1. The number of hydrogen-bond donors (Lipinski definition) is 1. The summed E-state index contributed by atoms with van der Waals surface area (Å²) in [6, 6.07) is 3.96. The van der Waals surface area contributed by atoms with E-state index < -0.39 is 9.84 Å². The molecule has 5 nitrogen and oxygen atoms in total. The smallest absolute Gasteiger partial charge is 0.151 e. The van der Waals surface area contributed by atoms with Gasteiger partial charge in [-0.3, -0.25) is 4.90 Å². The summed E-state index contributed by atoms with van der Waals surface area (Å²) in [5, 5.41) is 3.22. The molecule has 0 bridgehead atoms. The van der Waals surface area contributed by atoms with Gasteiger partial charge in [0.2, 0.25) is 0 Å². The predicted octanol–water partition coefficient (Wildman–Crippen LogP) is 1.01. The van der Waals surface area contributed by atoms with Gasteiger partial charge in [0.1, 0.15) is 11.5 Å². The molecule has 0 unspecified atom stereocenters. The van der Waals surface area contributed by atoms with Gasteiger partial charge in [0.25, 0.3) is 0 Å². The van der Waals surface area contributed by atoms with Crippen molar-refractivity contribution in [2.75, 3.05) is 31.1 Å². The van der Waals surface area contributed by atoms with E-state index in [2.05, 4.69) is 17.1 Å². The molecule has 108 valence electrons. The van der Waals surface area contributed by atoms with Crippen molar-refractivity contribution in [2.24, 2.45) is 0 Å². The highest BCUT2D eigenvalue weighted by Crippen LogP contribution is 2.13. The first kappa shape index (κ1) is 14.6. The first-order valence-electron chi connectivity index (χ1n) is 6.80. The maximum atomic E-state index is 11.5. The Balaban J connectivity index is 1.88. The van der Waals surface area contributed by atoms with Crippen LogP contribution in [0.4, 0.5) is 0 Å². The molecule has 6 heteroatoms. The molecule has 1 N–H and O–H groups in total. The van der Waals surface area contributed by atoms with E-state index in [1.54, 1.807) is 0 Å². The van der Waals surface area contributed by atoms with Gasteiger partial charge in [0.05, 0.1) is 24.6 Å². The Morgan fingerprint density at radius 1 is 1.26 bits per heavy atom. The lowest BCUT2D eigenvalue weighted by molar-refractivity contribution is 0.258. The van der Waals surface area contributed by atoms with Gasteiger partial charge in [-0.25, -0.2) is 8.42 Å². The fraction of sp³-hybridized carbons (Fsp3) is 0.692. The lowest BCUT2D eigenvalue weighted by Gasteiger charge is -2.17. The number of rotatable bonds is 5. The monoisotopic (exact) mass is 286 g/mol. The molecule has 2 heterocycles. The third kappa shape index (κ3) is 4.63. The fourth-order valence-electron chi connectivity index (χ4n) is 2.22. The lowest BCUT2D eigenvalue weighted by Crippen LogP contribution is -2.26. The number of nitrogens with zero attached hydrogens (tertiary/aromatic N) is 1. The molecule has 0 saturated carbocycles. The molecule has 0 amide bonds. The first-order chi connectivity index (χ1) is 9.09. The number of nitrogens with one attached hydrogen (secondary N) is 1. The summed E-state index contributed by atoms with van der Waals surface area (Å²) < 4.78 is 28.8. The summed E-state index contributed by atoms with van der Waals surface area (Å²) in [6.07, 6.45) is 0.716. The van der Waals surface area contributed by atoms with Gasteiger partial charge in [-0.2, -0.15) is 0 Å². The molecule has 0 aromatic carbocycles. The standard InChI is InChI=1S/C13H22N2O3S/c1-2-14-10-12-4-5-13(18-12)11-15-6-3-8-19(16,17)9-7-15/h4-5,14H,2-3,6-11H2,1H3. The van der Waals surface area contributed by atoms with Crippen LogP contribution in [0.2, 0.25) is 0 Å². The van der Waals surface area contributed by atoms with Crippen LogP contribution in [-0.2, 0) is 22.9 Å². The summed E-state index contributed by atoms with van der Waals surface area (Å²) in [5.41, 5.74) is 0. The van der Waals surface area contributed by atoms with E-state index in [9.17, 15) is 8.42 Å². The maximum Gasteiger partial charge on any atom is 0.151 e. The summed E-state index contributed by atoms with van der Waals surface area (Å²) >= 11 is 0. The zero-order chi connectivity index (χ0) is 13.7. The molecular formula is C13H22N2O3S. The topological polar surface area (TPSA) is 62.6 Å². The van der Waals surface area contributed by atoms with Crippen molar-refractivity contribution in [2.45, 2.75) is 26.4 Å². The molecule has 1 aliphatic heterocycles. The normalized spacial score (nSPS) is 20.3. The molecule has 1 aliphatic rings. The van der Waals surface area contributed by atoms with Gasteiger partial charge in [-0.15, -0.1) is 0 Å². The van der Waals surface area contributed by atoms with Crippen LogP contribution in [0.1, 0.15) is 24.9 Å². The zero-order valence-electron chi connectivity index (χ0n) is 11.4. The number of sulfone groups is 1. The minimum Gasteiger partial charge on any atom is -0.463 e. The van der Waals surface area contributed by atoms with E-state index in [0.29, 0.717) is 25.3 Å². The summed E-state index contributed by atoms with van der Waals surface area (Å²) in [4.78, 5) is 2.15. The quantitative estimate of drug-likeness (QED) is 0.875. The molecule has 1 saturated heterocycles. The van der Waals surface area contributed by atoms with Crippen LogP contribution in [0.3, 0.4) is 0 Å². The Labute approximate surface area is 114 Å². The molecule has 2 rings (SSSR count). The van der Waals surface area contributed by atoms with Crippen LogP contribution < -0.4 is 5.32 Å². The fourth-order valence-corrected chi connectivity index (χ4v) is 3.53. The molecule has 1 aromatic heterocycles. The van der Waals surface area contributed by atoms with Crippen molar-refractivity contribution in [3.05, 3.63) is 23.7 Å². The van der Waals surface area contributed by atoms with Crippen LogP contribution >= 0.6 is 0 Å². The van der Waals surface area contributed by atoms with Crippen LogP contribution in [0.25, 0.3) is 0 Å². The average molecular weight is 286 g/mol. The van der Waals surface area contributed by atoms with Gasteiger partial charge >= 0.3 is 0 Å². The van der Waals surface area contributed by atoms with E-state index in [1.165, 1.54) is 0 Å². The summed E-state index contributed by atoms with van der Waals surface area (Å²) in [5.74, 6) is 2.41. The summed E-state index contributed by atoms with van der Waals surface area (Å²) in [6.45, 7) is 5.84. The van der Waals surface area contributed by atoms with Gasteiger partial charge in [0.15, 0.2) is 9.84 Å². The Morgan fingerprint density at radius 3 is 2.84 bits per heavy atom. The molecule has 0 radical (unpaired) electrons. The molecule has 0 atom stereocenters. The van der Waals surface area contributed by atoms with Crippen molar-refractivity contribution in [1.82, 2.24) is 10.2 Å². The third-order valence-corrected chi connectivity index (χ3v) is 5.01. The van der Waals surface area contributed by atoms with Crippen molar-refractivity contribution in [3.63, 3.8) is 0 Å². The first-order valence-corrected chi connectivity index (χ1v) is 8.62. The van der Waals surface area contributed by atoms with Gasteiger partial charge in [0, 0.05) is 6.54 Å². The van der Waals surface area contributed by atoms with Gasteiger partial charge in [-0.05, 0) is 31.6 Å². The van der Waals surface area contributed by atoms with Crippen LogP contribution in [0, 0.1) is 0 Å². The molecule has 1 fully saturated rings. The number of hydrogen-bond acceptors (Lipinski definition) is 5. The van der Waals surface area contributed by atoms with E-state index in [0.717, 1.165) is 31.2 Å². The lowest BCUT2D eigenvalue weighted by atomic mass is 10.3. The highest BCUT2D eigenvalue weighted by atomic mass is 32.2. The Hall–Kier alpha value is -0.850. The molecular weight excluding hydrogens is 264 g/mol. The SMILES string of the molecule is CCNCc1ccc(CN2CCCS(=O)(=O)CC2)o1. The molecule has 19 heavy (non-hydrogen) atoms. The second-order valence-corrected chi connectivity index (χ2v) is 7.23. The predicted molar refractivity (Wildman–Crippen MR) is 74.6 cm³/mol. The Morgan fingerprint density at radius 2 is 2.05 bits per heavy atom. The maximum absolute atomic E-state index is 11.5. The molecule has 0 spiro atoms. The van der Waals surface area contributed by atoms with Crippen molar-refractivity contribution < 1.29 is 12.8 Å². The zero-order valence-corrected chi connectivity index (χ0v) is 12.2.